The molecule has 1 N–H and O–H groups in total. The van der Waals surface area contributed by atoms with Crippen LogP contribution in [0.5, 0.6) is 0 Å². The summed E-state index contributed by atoms with van der Waals surface area (Å²) in [5.41, 5.74) is 2.51. The lowest BCUT2D eigenvalue weighted by Crippen LogP contribution is -2.36. The molecule has 0 fully saturated rings. The number of amides is 1. The summed E-state index contributed by atoms with van der Waals surface area (Å²) in [4.78, 5) is 14.3. The molecule has 96 valence electrons. The van der Waals surface area contributed by atoms with Crippen LogP contribution in [0.1, 0.15) is 12.0 Å². The van der Waals surface area contributed by atoms with Gasteiger partial charge < -0.3 is 10.0 Å². The number of hydrogen-bond acceptors (Lipinski definition) is 3. The fourth-order valence-electron chi connectivity index (χ4n) is 2.06. The second kappa shape index (κ2) is 6.07. The first-order valence-electron chi connectivity index (χ1n) is 5.96. The SMILES string of the molecule is CSc1ccc(C2=CCN(C(=O)CO)CC2)cc1. The highest BCUT2D eigenvalue weighted by atomic mass is 32.2. The fraction of sp³-hybridized carbons (Fsp3) is 0.357. The number of benzene rings is 1. The molecule has 1 aromatic rings. The van der Waals surface area contributed by atoms with Gasteiger partial charge >= 0.3 is 0 Å². The van der Waals surface area contributed by atoms with Crippen LogP contribution in [-0.4, -0.2) is 41.9 Å². The van der Waals surface area contributed by atoms with Crippen LogP contribution in [0.2, 0.25) is 0 Å². The summed E-state index contributed by atoms with van der Waals surface area (Å²) in [6.07, 6.45) is 4.99. The van der Waals surface area contributed by atoms with Gasteiger partial charge in [0.1, 0.15) is 6.61 Å². The number of rotatable bonds is 3. The highest BCUT2D eigenvalue weighted by Crippen LogP contribution is 2.24. The lowest BCUT2D eigenvalue weighted by molar-refractivity contribution is -0.133. The molecule has 0 radical (unpaired) electrons. The molecule has 1 aliphatic heterocycles. The molecule has 1 aromatic carbocycles. The van der Waals surface area contributed by atoms with Gasteiger partial charge in [-0.3, -0.25) is 4.79 Å². The van der Waals surface area contributed by atoms with Crippen LogP contribution in [0.3, 0.4) is 0 Å². The van der Waals surface area contributed by atoms with E-state index in [1.165, 1.54) is 16.0 Å². The first-order chi connectivity index (χ1) is 8.74. The van der Waals surface area contributed by atoms with Gasteiger partial charge in [-0.05, 0) is 35.9 Å². The summed E-state index contributed by atoms with van der Waals surface area (Å²) in [6, 6.07) is 8.49. The zero-order chi connectivity index (χ0) is 13.0. The maximum atomic E-state index is 11.3. The number of aliphatic hydroxyl groups excluding tert-OH is 1. The largest absolute Gasteiger partial charge is 0.387 e. The number of hydrogen-bond donors (Lipinski definition) is 1. The fourth-order valence-corrected chi connectivity index (χ4v) is 2.47. The van der Waals surface area contributed by atoms with Gasteiger partial charge in [0.05, 0.1) is 0 Å². The second-order valence-corrected chi connectivity index (χ2v) is 5.09. The Morgan fingerprint density at radius 3 is 2.61 bits per heavy atom. The molecule has 0 aliphatic carbocycles. The van der Waals surface area contributed by atoms with Crippen molar-refractivity contribution in [3.8, 4) is 0 Å². The van der Waals surface area contributed by atoms with Crippen molar-refractivity contribution in [2.24, 2.45) is 0 Å². The molecule has 1 aliphatic rings. The molecule has 1 heterocycles. The topological polar surface area (TPSA) is 40.5 Å². The molecule has 18 heavy (non-hydrogen) atoms. The van der Waals surface area contributed by atoms with Crippen LogP contribution in [0, 0.1) is 0 Å². The van der Waals surface area contributed by atoms with Crippen molar-refractivity contribution in [2.75, 3.05) is 26.0 Å². The third kappa shape index (κ3) is 2.94. The number of carbonyl (C=O) groups is 1. The summed E-state index contributed by atoms with van der Waals surface area (Å²) in [5, 5.41) is 8.81. The van der Waals surface area contributed by atoms with Gasteiger partial charge in [0.2, 0.25) is 5.91 Å². The Balaban J connectivity index is 2.06. The minimum atomic E-state index is -0.397. The van der Waals surface area contributed by atoms with Crippen molar-refractivity contribution in [2.45, 2.75) is 11.3 Å². The van der Waals surface area contributed by atoms with Crippen LogP contribution in [0.4, 0.5) is 0 Å². The normalized spacial score (nSPS) is 15.4. The number of thioether (sulfide) groups is 1. The first-order valence-corrected chi connectivity index (χ1v) is 7.19. The summed E-state index contributed by atoms with van der Waals surface area (Å²) in [6.45, 7) is 0.889. The Morgan fingerprint density at radius 2 is 2.11 bits per heavy atom. The van der Waals surface area contributed by atoms with Crippen LogP contribution < -0.4 is 0 Å². The molecule has 0 aromatic heterocycles. The summed E-state index contributed by atoms with van der Waals surface area (Å²) < 4.78 is 0. The van der Waals surface area contributed by atoms with Gasteiger partial charge in [-0.2, -0.15) is 0 Å². The zero-order valence-corrected chi connectivity index (χ0v) is 11.2. The van der Waals surface area contributed by atoms with E-state index >= 15 is 0 Å². The molecule has 0 unspecified atom stereocenters. The van der Waals surface area contributed by atoms with E-state index < -0.39 is 6.61 Å². The van der Waals surface area contributed by atoms with Gasteiger partial charge in [-0.15, -0.1) is 11.8 Å². The minimum Gasteiger partial charge on any atom is -0.387 e. The Hall–Kier alpha value is -1.26. The molecular weight excluding hydrogens is 246 g/mol. The first kappa shape index (κ1) is 13.2. The highest BCUT2D eigenvalue weighted by molar-refractivity contribution is 7.98. The van der Waals surface area contributed by atoms with E-state index in [4.69, 9.17) is 5.11 Å². The van der Waals surface area contributed by atoms with Crippen molar-refractivity contribution in [3.63, 3.8) is 0 Å². The maximum Gasteiger partial charge on any atom is 0.248 e. The number of nitrogens with zero attached hydrogens (tertiary/aromatic N) is 1. The zero-order valence-electron chi connectivity index (χ0n) is 10.4. The average Bonchev–Trinajstić information content (AvgIpc) is 2.47. The molecule has 0 bridgehead atoms. The number of aliphatic hydroxyl groups is 1. The summed E-state index contributed by atoms with van der Waals surface area (Å²) in [7, 11) is 0. The lowest BCUT2D eigenvalue weighted by atomic mass is 9.99. The lowest BCUT2D eigenvalue weighted by Gasteiger charge is -2.26. The maximum absolute atomic E-state index is 11.3. The van der Waals surface area contributed by atoms with Crippen molar-refractivity contribution in [1.29, 1.82) is 0 Å². The smallest absolute Gasteiger partial charge is 0.248 e. The highest BCUT2D eigenvalue weighted by Gasteiger charge is 2.16. The predicted molar refractivity (Wildman–Crippen MR) is 74.5 cm³/mol. The molecule has 0 saturated carbocycles. The van der Waals surface area contributed by atoms with Crippen molar-refractivity contribution in [1.82, 2.24) is 4.90 Å². The summed E-state index contributed by atoms with van der Waals surface area (Å²) in [5.74, 6) is -0.192. The van der Waals surface area contributed by atoms with Crippen LogP contribution in [0.15, 0.2) is 35.2 Å². The van der Waals surface area contributed by atoms with E-state index in [2.05, 4.69) is 36.6 Å². The Bertz CT molecular complexity index is 453. The van der Waals surface area contributed by atoms with Crippen LogP contribution in [-0.2, 0) is 4.79 Å². The van der Waals surface area contributed by atoms with E-state index in [-0.39, 0.29) is 5.91 Å². The molecular formula is C14H17NO2S. The molecule has 0 saturated heterocycles. The molecule has 0 atom stereocenters. The third-order valence-electron chi connectivity index (χ3n) is 3.16. The molecule has 4 heteroatoms. The monoisotopic (exact) mass is 263 g/mol. The van der Waals surface area contributed by atoms with Gasteiger partial charge in [0.25, 0.3) is 0 Å². The average molecular weight is 263 g/mol. The van der Waals surface area contributed by atoms with Crippen molar-refractivity contribution in [3.05, 3.63) is 35.9 Å². The van der Waals surface area contributed by atoms with Crippen molar-refractivity contribution < 1.29 is 9.90 Å². The predicted octanol–water partition coefficient (Wildman–Crippen LogP) is 2.02. The van der Waals surface area contributed by atoms with Gasteiger partial charge in [-0.25, -0.2) is 0 Å². The summed E-state index contributed by atoms with van der Waals surface area (Å²) >= 11 is 1.73. The van der Waals surface area contributed by atoms with Crippen LogP contribution >= 0.6 is 11.8 Å². The molecule has 3 nitrogen and oxygen atoms in total. The second-order valence-electron chi connectivity index (χ2n) is 4.21. The van der Waals surface area contributed by atoms with E-state index in [9.17, 15) is 4.79 Å². The van der Waals surface area contributed by atoms with E-state index in [0.717, 1.165) is 6.42 Å². The Morgan fingerprint density at radius 1 is 1.39 bits per heavy atom. The van der Waals surface area contributed by atoms with Crippen molar-refractivity contribution >= 4 is 23.2 Å². The Kier molecular flexibility index (Phi) is 4.44. The van der Waals surface area contributed by atoms with E-state index in [0.29, 0.717) is 13.1 Å². The number of carbonyl (C=O) groups excluding carboxylic acids is 1. The molecule has 0 spiro atoms. The van der Waals surface area contributed by atoms with Gasteiger partial charge in [0.15, 0.2) is 0 Å². The van der Waals surface area contributed by atoms with E-state index in [1.807, 2.05) is 0 Å². The van der Waals surface area contributed by atoms with E-state index in [1.54, 1.807) is 16.7 Å². The minimum absolute atomic E-state index is 0.192. The third-order valence-corrected chi connectivity index (χ3v) is 3.90. The quantitative estimate of drug-likeness (QED) is 0.848. The van der Waals surface area contributed by atoms with Gasteiger partial charge in [0, 0.05) is 18.0 Å². The molecule has 2 rings (SSSR count). The van der Waals surface area contributed by atoms with Gasteiger partial charge in [-0.1, -0.05) is 18.2 Å². The van der Waals surface area contributed by atoms with Crippen LogP contribution in [0.25, 0.3) is 5.57 Å². The standard InChI is InChI=1S/C14H17NO2S/c1-18-13-4-2-11(3-5-13)12-6-8-15(9-7-12)14(17)10-16/h2-6,16H,7-10H2,1H3. The Labute approximate surface area is 111 Å². The molecule has 1 amide bonds.